The maximum Gasteiger partial charge on any atom is 0.271 e. The van der Waals surface area contributed by atoms with E-state index in [2.05, 4.69) is 10.5 Å². The first-order valence-electron chi connectivity index (χ1n) is 10.8. The summed E-state index contributed by atoms with van der Waals surface area (Å²) in [5.74, 6) is 1.88. The summed E-state index contributed by atoms with van der Waals surface area (Å²) in [5, 5.41) is 4.73. The molecule has 3 aromatic rings. The van der Waals surface area contributed by atoms with Crippen LogP contribution in [0.25, 0.3) is 0 Å². The van der Waals surface area contributed by atoms with Gasteiger partial charge in [-0.2, -0.15) is 5.10 Å². The minimum Gasteiger partial charge on any atom is -0.493 e. The van der Waals surface area contributed by atoms with Gasteiger partial charge in [-0.15, -0.1) is 0 Å². The van der Waals surface area contributed by atoms with Crippen molar-refractivity contribution in [2.45, 2.75) is 13.5 Å². The van der Waals surface area contributed by atoms with Crippen molar-refractivity contribution in [1.29, 1.82) is 0 Å². The Balaban J connectivity index is 1.69. The highest BCUT2D eigenvalue weighted by Gasteiger charge is 2.16. The maximum atomic E-state index is 12.6. The van der Waals surface area contributed by atoms with E-state index in [1.807, 2.05) is 37.3 Å². The Morgan fingerprint density at radius 1 is 0.886 bits per heavy atom. The number of benzene rings is 3. The highest BCUT2D eigenvalue weighted by molar-refractivity contribution is 6.30. The number of hydrogen-bond acceptors (Lipinski definition) is 7. The first kappa shape index (κ1) is 25.7. The zero-order valence-electron chi connectivity index (χ0n) is 20.0. The zero-order valence-corrected chi connectivity index (χ0v) is 20.7. The highest BCUT2D eigenvalue weighted by atomic mass is 35.5. The minimum atomic E-state index is -0.437. The van der Waals surface area contributed by atoms with Gasteiger partial charge in [0.15, 0.2) is 23.0 Å². The number of hydrogen-bond donors (Lipinski definition) is 1. The van der Waals surface area contributed by atoms with Gasteiger partial charge < -0.3 is 23.7 Å². The van der Waals surface area contributed by atoms with Gasteiger partial charge in [-0.05, 0) is 60.5 Å². The minimum absolute atomic E-state index is 0.303. The van der Waals surface area contributed by atoms with E-state index in [9.17, 15) is 4.79 Å². The number of halogens is 1. The molecule has 0 unspecified atom stereocenters. The molecule has 0 bridgehead atoms. The molecular weight excluding hydrogens is 472 g/mol. The molecular formula is C26H27ClN2O6. The molecule has 3 rings (SSSR count). The van der Waals surface area contributed by atoms with Crippen molar-refractivity contribution in [3.05, 3.63) is 76.3 Å². The van der Waals surface area contributed by atoms with Gasteiger partial charge in [0.1, 0.15) is 6.61 Å². The molecule has 35 heavy (non-hydrogen) atoms. The third-order valence-electron chi connectivity index (χ3n) is 4.88. The monoisotopic (exact) mass is 498 g/mol. The number of nitrogens with one attached hydrogen (secondary N) is 1. The van der Waals surface area contributed by atoms with Crippen molar-refractivity contribution in [3.63, 3.8) is 0 Å². The normalized spacial score (nSPS) is 10.7. The standard InChI is InChI=1S/C26H27ClN2O6/c1-5-34-22-12-18(8-11-21(22)35-16-17-6-9-20(27)10-7-17)15-28-29-26(30)19-13-23(31-2)25(33-4)24(14-19)32-3/h6-15H,5,16H2,1-4H3,(H,29,30). The van der Waals surface area contributed by atoms with E-state index in [1.54, 1.807) is 24.3 Å². The first-order chi connectivity index (χ1) is 17.0. The SMILES string of the molecule is CCOc1cc(C=NNC(=O)c2cc(OC)c(OC)c(OC)c2)ccc1OCc1ccc(Cl)cc1. The van der Waals surface area contributed by atoms with E-state index in [0.717, 1.165) is 11.1 Å². The highest BCUT2D eigenvalue weighted by Crippen LogP contribution is 2.38. The predicted molar refractivity (Wildman–Crippen MR) is 135 cm³/mol. The van der Waals surface area contributed by atoms with Crippen molar-refractivity contribution in [1.82, 2.24) is 5.43 Å². The van der Waals surface area contributed by atoms with Crippen LogP contribution in [0.15, 0.2) is 59.7 Å². The van der Waals surface area contributed by atoms with Crippen LogP contribution >= 0.6 is 11.6 Å². The summed E-state index contributed by atoms with van der Waals surface area (Å²) in [6.45, 7) is 2.73. The third kappa shape index (κ3) is 6.80. The summed E-state index contributed by atoms with van der Waals surface area (Å²) in [6, 6.07) is 15.9. The number of nitrogens with zero attached hydrogens (tertiary/aromatic N) is 1. The number of carbonyl (C=O) groups is 1. The first-order valence-corrected chi connectivity index (χ1v) is 11.1. The fourth-order valence-corrected chi connectivity index (χ4v) is 3.30. The number of ether oxygens (including phenoxy) is 5. The Hall–Kier alpha value is -3.91. The Bertz CT molecular complexity index is 1160. The van der Waals surface area contributed by atoms with Crippen LogP contribution in [-0.2, 0) is 6.61 Å². The Kier molecular flexibility index (Phi) is 9.20. The molecule has 0 saturated carbocycles. The molecule has 0 atom stereocenters. The lowest BCUT2D eigenvalue weighted by atomic mass is 10.1. The van der Waals surface area contributed by atoms with Crippen LogP contribution in [0.5, 0.6) is 28.7 Å². The van der Waals surface area contributed by atoms with Crippen molar-refractivity contribution in [3.8, 4) is 28.7 Å². The maximum absolute atomic E-state index is 12.6. The van der Waals surface area contributed by atoms with Gasteiger partial charge in [-0.3, -0.25) is 4.79 Å². The van der Waals surface area contributed by atoms with E-state index >= 15 is 0 Å². The molecule has 3 aromatic carbocycles. The van der Waals surface area contributed by atoms with Crippen molar-refractivity contribution in [2.75, 3.05) is 27.9 Å². The van der Waals surface area contributed by atoms with Gasteiger partial charge in [0, 0.05) is 10.6 Å². The van der Waals surface area contributed by atoms with Crippen LogP contribution < -0.4 is 29.1 Å². The number of methoxy groups -OCH3 is 3. The van der Waals surface area contributed by atoms with Crippen molar-refractivity contribution in [2.24, 2.45) is 5.10 Å². The molecule has 8 nitrogen and oxygen atoms in total. The van der Waals surface area contributed by atoms with Crippen LogP contribution in [-0.4, -0.2) is 40.1 Å². The van der Waals surface area contributed by atoms with Crippen LogP contribution in [0, 0.1) is 0 Å². The Labute approximate surface area is 209 Å². The van der Waals surface area contributed by atoms with Gasteiger partial charge in [0.25, 0.3) is 5.91 Å². The summed E-state index contributed by atoms with van der Waals surface area (Å²) in [4.78, 5) is 12.6. The van der Waals surface area contributed by atoms with E-state index < -0.39 is 5.91 Å². The molecule has 1 amide bonds. The summed E-state index contributed by atoms with van der Waals surface area (Å²) < 4.78 is 27.5. The lowest BCUT2D eigenvalue weighted by Gasteiger charge is -2.13. The van der Waals surface area contributed by atoms with E-state index in [-0.39, 0.29) is 0 Å². The molecule has 1 N–H and O–H groups in total. The largest absolute Gasteiger partial charge is 0.493 e. The Morgan fingerprint density at radius 2 is 1.57 bits per heavy atom. The number of rotatable bonds is 11. The fraction of sp³-hybridized carbons (Fsp3) is 0.231. The van der Waals surface area contributed by atoms with Gasteiger partial charge >= 0.3 is 0 Å². The summed E-state index contributed by atoms with van der Waals surface area (Å²) in [7, 11) is 4.46. The number of carbonyl (C=O) groups excluding carboxylic acids is 1. The molecule has 0 aliphatic rings. The van der Waals surface area contributed by atoms with Crippen LogP contribution in [0.2, 0.25) is 5.02 Å². The quantitative estimate of drug-likeness (QED) is 0.292. The van der Waals surface area contributed by atoms with Gasteiger partial charge in [-0.25, -0.2) is 5.43 Å². The van der Waals surface area contributed by atoms with Crippen LogP contribution in [0.1, 0.15) is 28.4 Å². The second-order valence-electron chi connectivity index (χ2n) is 7.17. The molecule has 9 heteroatoms. The molecule has 0 radical (unpaired) electrons. The molecule has 0 aromatic heterocycles. The lowest BCUT2D eigenvalue weighted by Crippen LogP contribution is -2.18. The Morgan fingerprint density at radius 3 is 2.17 bits per heavy atom. The molecule has 0 saturated heterocycles. The van der Waals surface area contributed by atoms with Gasteiger partial charge in [0.2, 0.25) is 5.75 Å². The molecule has 0 spiro atoms. The van der Waals surface area contributed by atoms with E-state index in [1.165, 1.54) is 27.5 Å². The lowest BCUT2D eigenvalue weighted by molar-refractivity contribution is 0.0954. The van der Waals surface area contributed by atoms with E-state index in [0.29, 0.717) is 52.5 Å². The second-order valence-corrected chi connectivity index (χ2v) is 7.60. The van der Waals surface area contributed by atoms with Crippen molar-refractivity contribution < 1.29 is 28.5 Å². The second kappa shape index (κ2) is 12.5. The van der Waals surface area contributed by atoms with Crippen molar-refractivity contribution >= 4 is 23.7 Å². The van der Waals surface area contributed by atoms with Crippen LogP contribution in [0.4, 0.5) is 0 Å². The number of amides is 1. The fourth-order valence-electron chi connectivity index (χ4n) is 3.18. The topological polar surface area (TPSA) is 87.6 Å². The summed E-state index contributed by atoms with van der Waals surface area (Å²) >= 11 is 5.93. The molecule has 0 aliphatic carbocycles. The molecule has 0 fully saturated rings. The molecule has 0 heterocycles. The molecule has 184 valence electrons. The summed E-state index contributed by atoms with van der Waals surface area (Å²) in [6.07, 6.45) is 1.52. The van der Waals surface area contributed by atoms with Gasteiger partial charge in [-0.1, -0.05) is 23.7 Å². The van der Waals surface area contributed by atoms with Crippen LogP contribution in [0.3, 0.4) is 0 Å². The smallest absolute Gasteiger partial charge is 0.271 e. The zero-order chi connectivity index (χ0) is 25.2. The predicted octanol–water partition coefficient (Wildman–Crippen LogP) is 5.11. The average Bonchev–Trinajstić information content (AvgIpc) is 2.88. The van der Waals surface area contributed by atoms with Gasteiger partial charge in [0.05, 0.1) is 34.2 Å². The average molecular weight is 499 g/mol. The number of hydrazone groups is 1. The summed E-state index contributed by atoms with van der Waals surface area (Å²) in [5.41, 5.74) is 4.51. The third-order valence-corrected chi connectivity index (χ3v) is 5.13. The van der Waals surface area contributed by atoms with E-state index in [4.69, 9.17) is 35.3 Å². The molecule has 0 aliphatic heterocycles.